The second kappa shape index (κ2) is 4.15. The van der Waals surface area contributed by atoms with Crippen LogP contribution in [0, 0.1) is 0 Å². The van der Waals surface area contributed by atoms with E-state index >= 15 is 0 Å². The molecule has 1 rings (SSSR count). The molecule has 0 spiro atoms. The molecule has 0 aliphatic heterocycles. The van der Waals surface area contributed by atoms with Gasteiger partial charge in [0.05, 0.1) is 0 Å². The topological polar surface area (TPSA) is 80.9 Å². The van der Waals surface area contributed by atoms with Gasteiger partial charge in [0.25, 0.3) is 5.91 Å². The number of nitrogens with zero attached hydrogens (tertiary/aromatic N) is 2. The minimum Gasteiger partial charge on any atom is -0.349 e. The van der Waals surface area contributed by atoms with Crippen LogP contribution in [0.4, 0.5) is 0 Å². The molecule has 5 heteroatoms. The number of nitrogens with two attached hydrogens (primary N) is 1. The summed E-state index contributed by atoms with van der Waals surface area (Å²) in [6.07, 6.45) is 2.86. The molecule has 0 aromatic carbocycles. The molecule has 14 heavy (non-hydrogen) atoms. The van der Waals surface area contributed by atoms with E-state index in [0.717, 1.165) is 0 Å². The maximum Gasteiger partial charge on any atom is 0.270 e. The zero-order chi connectivity index (χ0) is 10.6. The molecule has 1 heterocycles. The molecule has 5 nitrogen and oxygen atoms in total. The van der Waals surface area contributed by atoms with Crippen molar-refractivity contribution in [2.45, 2.75) is 19.4 Å². The summed E-state index contributed by atoms with van der Waals surface area (Å²) in [6, 6.07) is 1.55. The summed E-state index contributed by atoms with van der Waals surface area (Å²) in [7, 11) is 0. The summed E-state index contributed by atoms with van der Waals surface area (Å²) >= 11 is 0. The van der Waals surface area contributed by atoms with E-state index in [4.69, 9.17) is 5.73 Å². The number of hydrogen-bond acceptors (Lipinski definition) is 4. The van der Waals surface area contributed by atoms with Crippen molar-refractivity contribution in [1.29, 1.82) is 0 Å². The molecule has 76 valence electrons. The largest absolute Gasteiger partial charge is 0.349 e. The summed E-state index contributed by atoms with van der Waals surface area (Å²) in [5, 5.41) is 2.68. The fraction of sp³-hybridized carbons (Fsp3) is 0.444. The number of amides is 1. The zero-order valence-corrected chi connectivity index (χ0v) is 8.32. The lowest BCUT2D eigenvalue weighted by Gasteiger charge is -2.18. The Labute approximate surface area is 82.7 Å². The third kappa shape index (κ3) is 3.49. The molecule has 0 unspecified atom stereocenters. The first-order chi connectivity index (χ1) is 6.49. The standard InChI is InChI=1S/C9H14N4O/c1-9(2,10)5-12-8(14)7-3-4-11-6-13-7/h3-4,6H,5,10H2,1-2H3,(H,12,14). The number of carbonyl (C=O) groups is 1. The van der Waals surface area contributed by atoms with Crippen LogP contribution in [0.2, 0.25) is 0 Å². The minimum absolute atomic E-state index is 0.231. The SMILES string of the molecule is CC(C)(N)CNC(=O)c1ccncn1. The minimum atomic E-state index is -0.414. The molecule has 0 saturated carbocycles. The first-order valence-corrected chi connectivity index (χ1v) is 4.32. The maximum atomic E-state index is 11.4. The predicted octanol–water partition coefficient (Wildman–Crippen LogP) is -0.0563. The molecule has 0 atom stereocenters. The predicted molar refractivity (Wildman–Crippen MR) is 52.6 cm³/mol. The number of nitrogens with one attached hydrogen (secondary N) is 1. The molecule has 1 aromatic rings. The van der Waals surface area contributed by atoms with Crippen LogP contribution in [0.1, 0.15) is 24.3 Å². The quantitative estimate of drug-likeness (QED) is 0.706. The molecular weight excluding hydrogens is 180 g/mol. The molecule has 0 fully saturated rings. The van der Waals surface area contributed by atoms with E-state index in [1.807, 2.05) is 13.8 Å². The monoisotopic (exact) mass is 194 g/mol. The molecule has 3 N–H and O–H groups in total. The van der Waals surface area contributed by atoms with Crippen molar-refractivity contribution < 1.29 is 4.79 Å². The highest BCUT2D eigenvalue weighted by molar-refractivity contribution is 5.92. The van der Waals surface area contributed by atoms with E-state index in [1.54, 1.807) is 6.07 Å². The highest BCUT2D eigenvalue weighted by Gasteiger charge is 2.13. The van der Waals surface area contributed by atoms with Gasteiger partial charge in [0, 0.05) is 18.3 Å². The third-order valence-electron chi connectivity index (χ3n) is 1.52. The summed E-state index contributed by atoms with van der Waals surface area (Å²) < 4.78 is 0. The smallest absolute Gasteiger partial charge is 0.270 e. The van der Waals surface area contributed by atoms with Crippen molar-refractivity contribution >= 4 is 5.91 Å². The molecule has 1 aromatic heterocycles. The molecular formula is C9H14N4O. The van der Waals surface area contributed by atoms with Crippen LogP contribution in [-0.2, 0) is 0 Å². The summed E-state index contributed by atoms with van der Waals surface area (Å²) in [5.41, 5.74) is 5.65. The Morgan fingerprint density at radius 3 is 2.86 bits per heavy atom. The average molecular weight is 194 g/mol. The van der Waals surface area contributed by atoms with Crippen molar-refractivity contribution in [3.05, 3.63) is 24.3 Å². The molecule has 0 aliphatic rings. The Bertz CT molecular complexity index is 304. The van der Waals surface area contributed by atoms with E-state index in [9.17, 15) is 4.79 Å². The Morgan fingerprint density at radius 2 is 2.36 bits per heavy atom. The summed E-state index contributed by atoms with van der Waals surface area (Å²) in [6.45, 7) is 4.09. The van der Waals surface area contributed by atoms with E-state index in [1.165, 1.54) is 12.5 Å². The Morgan fingerprint density at radius 1 is 1.64 bits per heavy atom. The summed E-state index contributed by atoms with van der Waals surface area (Å²) in [4.78, 5) is 19.0. The maximum absolute atomic E-state index is 11.4. The van der Waals surface area contributed by atoms with Gasteiger partial charge in [0.2, 0.25) is 0 Å². The van der Waals surface area contributed by atoms with Gasteiger partial charge >= 0.3 is 0 Å². The van der Waals surface area contributed by atoms with Crippen molar-refractivity contribution in [1.82, 2.24) is 15.3 Å². The Hall–Kier alpha value is -1.49. The van der Waals surface area contributed by atoms with Crippen LogP contribution in [0.15, 0.2) is 18.6 Å². The highest BCUT2D eigenvalue weighted by atomic mass is 16.1. The lowest BCUT2D eigenvalue weighted by Crippen LogP contribution is -2.45. The van der Waals surface area contributed by atoms with Crippen molar-refractivity contribution in [2.75, 3.05) is 6.54 Å². The van der Waals surface area contributed by atoms with Crippen molar-refractivity contribution in [2.24, 2.45) is 5.73 Å². The van der Waals surface area contributed by atoms with Gasteiger partial charge in [-0.25, -0.2) is 9.97 Å². The average Bonchev–Trinajstić information content (AvgIpc) is 2.14. The number of rotatable bonds is 3. The fourth-order valence-corrected chi connectivity index (χ4v) is 0.824. The van der Waals surface area contributed by atoms with Gasteiger partial charge < -0.3 is 11.1 Å². The van der Waals surface area contributed by atoms with Gasteiger partial charge in [0.1, 0.15) is 12.0 Å². The number of carbonyl (C=O) groups excluding carboxylic acids is 1. The molecule has 0 aliphatic carbocycles. The van der Waals surface area contributed by atoms with Gasteiger partial charge in [-0.3, -0.25) is 4.79 Å². The Kier molecular flexibility index (Phi) is 3.14. The zero-order valence-electron chi connectivity index (χ0n) is 8.32. The fourth-order valence-electron chi connectivity index (χ4n) is 0.824. The van der Waals surface area contributed by atoms with Crippen molar-refractivity contribution in [3.8, 4) is 0 Å². The van der Waals surface area contributed by atoms with Crippen LogP contribution >= 0.6 is 0 Å². The van der Waals surface area contributed by atoms with E-state index in [2.05, 4.69) is 15.3 Å². The van der Waals surface area contributed by atoms with Gasteiger partial charge in [-0.15, -0.1) is 0 Å². The lowest BCUT2D eigenvalue weighted by atomic mass is 10.1. The van der Waals surface area contributed by atoms with E-state index < -0.39 is 5.54 Å². The van der Waals surface area contributed by atoms with E-state index in [-0.39, 0.29) is 5.91 Å². The number of aromatic nitrogens is 2. The first kappa shape index (κ1) is 10.6. The van der Waals surface area contributed by atoms with Crippen molar-refractivity contribution in [3.63, 3.8) is 0 Å². The third-order valence-corrected chi connectivity index (χ3v) is 1.52. The van der Waals surface area contributed by atoms with Crippen LogP contribution in [0.3, 0.4) is 0 Å². The Balaban J connectivity index is 2.52. The molecule has 1 amide bonds. The number of hydrogen-bond donors (Lipinski definition) is 2. The second-order valence-electron chi connectivity index (χ2n) is 3.77. The first-order valence-electron chi connectivity index (χ1n) is 4.32. The highest BCUT2D eigenvalue weighted by Crippen LogP contribution is 1.95. The lowest BCUT2D eigenvalue weighted by molar-refractivity contribution is 0.0941. The molecule has 0 bridgehead atoms. The second-order valence-corrected chi connectivity index (χ2v) is 3.77. The van der Waals surface area contributed by atoms with Gasteiger partial charge in [-0.1, -0.05) is 0 Å². The molecule has 0 radical (unpaired) electrons. The van der Waals surface area contributed by atoms with Gasteiger partial charge in [-0.05, 0) is 19.9 Å². The normalized spacial score (nSPS) is 11.1. The molecule has 0 saturated heterocycles. The van der Waals surface area contributed by atoms with E-state index in [0.29, 0.717) is 12.2 Å². The summed E-state index contributed by atoms with van der Waals surface area (Å²) in [5.74, 6) is -0.231. The van der Waals surface area contributed by atoms with Crippen LogP contribution < -0.4 is 11.1 Å². The van der Waals surface area contributed by atoms with Gasteiger partial charge in [-0.2, -0.15) is 0 Å². The van der Waals surface area contributed by atoms with Crippen LogP contribution in [0.5, 0.6) is 0 Å². The van der Waals surface area contributed by atoms with Crippen LogP contribution in [0.25, 0.3) is 0 Å². The van der Waals surface area contributed by atoms with Crippen LogP contribution in [-0.4, -0.2) is 28.0 Å². The van der Waals surface area contributed by atoms with Gasteiger partial charge in [0.15, 0.2) is 0 Å².